The Morgan fingerprint density at radius 1 is 1.17 bits per heavy atom. The summed E-state index contributed by atoms with van der Waals surface area (Å²) in [6.07, 6.45) is 6.27. The van der Waals surface area contributed by atoms with Crippen LogP contribution in [0.2, 0.25) is 0 Å². The van der Waals surface area contributed by atoms with Crippen molar-refractivity contribution in [3.63, 3.8) is 0 Å². The lowest BCUT2D eigenvalue weighted by Gasteiger charge is -2.44. The average molecular weight is 507 g/mol. The number of hydrogen-bond donors (Lipinski definition) is 1. The molecule has 1 saturated heterocycles. The third-order valence-electron chi connectivity index (χ3n) is 7.48. The van der Waals surface area contributed by atoms with Gasteiger partial charge in [-0.3, -0.25) is 4.79 Å². The summed E-state index contributed by atoms with van der Waals surface area (Å²) < 4.78 is 13.5. The van der Waals surface area contributed by atoms with E-state index in [1.807, 2.05) is 6.92 Å². The van der Waals surface area contributed by atoms with Crippen LogP contribution in [0, 0.1) is 28.5 Å². The Kier molecular flexibility index (Phi) is 8.13. The van der Waals surface area contributed by atoms with Crippen LogP contribution in [-0.2, 0) is 11.2 Å². The first kappa shape index (κ1) is 25.9. The summed E-state index contributed by atoms with van der Waals surface area (Å²) in [7, 11) is 2.22. The van der Waals surface area contributed by atoms with E-state index in [-0.39, 0.29) is 5.56 Å². The van der Waals surface area contributed by atoms with E-state index in [1.165, 1.54) is 43.5 Å². The van der Waals surface area contributed by atoms with E-state index < -0.39 is 17.0 Å². The number of piperidine rings is 1. The minimum atomic E-state index is -0.849. The molecule has 0 bridgehead atoms. The van der Waals surface area contributed by atoms with Gasteiger partial charge >= 0.3 is 0 Å². The van der Waals surface area contributed by atoms with Crippen LogP contribution in [0.5, 0.6) is 0 Å². The number of anilines is 1. The van der Waals surface area contributed by atoms with Crippen molar-refractivity contribution in [3.05, 3.63) is 52.3 Å². The number of nitrogens with zero attached hydrogens (tertiary/aromatic N) is 5. The van der Waals surface area contributed by atoms with E-state index in [2.05, 4.69) is 29.0 Å². The molecule has 9 heteroatoms. The Labute approximate surface area is 216 Å². The lowest BCUT2D eigenvalue weighted by molar-refractivity contribution is -0.117. The van der Waals surface area contributed by atoms with Gasteiger partial charge in [-0.05, 0) is 62.4 Å². The number of nitrogens with two attached hydrogens (primary N) is 1. The van der Waals surface area contributed by atoms with Crippen molar-refractivity contribution in [3.8, 4) is 12.1 Å². The largest absolute Gasteiger partial charge is 0.368 e. The smallest absolute Gasteiger partial charge is 0.235 e. The van der Waals surface area contributed by atoms with Crippen molar-refractivity contribution in [1.82, 2.24) is 9.88 Å². The number of carbonyl (C=O) groups excluding carboxylic acids is 1. The molecule has 1 aliphatic heterocycles. The van der Waals surface area contributed by atoms with Gasteiger partial charge in [-0.2, -0.15) is 10.5 Å². The molecule has 2 aromatic rings. The van der Waals surface area contributed by atoms with E-state index in [9.17, 15) is 19.7 Å². The fourth-order valence-corrected chi connectivity index (χ4v) is 6.17. The van der Waals surface area contributed by atoms with Crippen LogP contribution < -0.4 is 10.6 Å². The summed E-state index contributed by atoms with van der Waals surface area (Å²) >= 11 is 1.08. The van der Waals surface area contributed by atoms with Crippen molar-refractivity contribution in [1.29, 1.82) is 10.5 Å². The molecular formula is C27H31FN6OS. The number of hydrogen-bond acceptors (Lipinski definition) is 7. The molecule has 1 aromatic heterocycles. The second kappa shape index (κ2) is 11.3. The molecule has 1 amide bonds. The van der Waals surface area contributed by atoms with Gasteiger partial charge in [0.25, 0.3) is 0 Å². The third kappa shape index (κ3) is 5.18. The molecule has 2 N–H and O–H groups in total. The third-order valence-corrected chi connectivity index (χ3v) is 8.74. The van der Waals surface area contributed by atoms with Crippen molar-refractivity contribution in [2.75, 3.05) is 25.0 Å². The van der Waals surface area contributed by atoms with E-state index >= 15 is 0 Å². The molecule has 0 radical (unpaired) electrons. The first-order valence-electron chi connectivity index (χ1n) is 12.4. The Morgan fingerprint density at radius 2 is 1.78 bits per heavy atom. The number of benzene rings is 1. The fourth-order valence-electron chi connectivity index (χ4n) is 5.11. The SMILES string of the molecule is CCc1c(C#N)c(SC(C(N)=O)c2ccc(F)cc2)nc(N2CCC(N(C)C3CCC3)CC2)c1C#N. The summed E-state index contributed by atoms with van der Waals surface area (Å²) in [6.45, 7) is 3.43. The Hall–Kier alpha value is -3.14. The number of rotatable bonds is 8. The summed E-state index contributed by atoms with van der Waals surface area (Å²) in [5.74, 6) is -0.466. The van der Waals surface area contributed by atoms with E-state index in [4.69, 9.17) is 10.7 Å². The number of aromatic nitrogens is 1. The van der Waals surface area contributed by atoms with Crippen LogP contribution in [-0.4, -0.2) is 48.0 Å². The highest BCUT2D eigenvalue weighted by Gasteiger charge is 2.32. The van der Waals surface area contributed by atoms with Gasteiger partial charge in [0.2, 0.25) is 5.91 Å². The van der Waals surface area contributed by atoms with Crippen LogP contribution >= 0.6 is 11.8 Å². The molecule has 2 aliphatic rings. The molecule has 2 heterocycles. The molecule has 1 saturated carbocycles. The molecule has 7 nitrogen and oxygen atoms in total. The normalized spacial score (nSPS) is 17.3. The quantitative estimate of drug-likeness (QED) is 0.532. The molecule has 1 aromatic carbocycles. The maximum absolute atomic E-state index is 13.5. The molecule has 0 spiro atoms. The summed E-state index contributed by atoms with van der Waals surface area (Å²) in [4.78, 5) is 21.8. The minimum absolute atomic E-state index is 0.288. The monoisotopic (exact) mass is 506 g/mol. The topological polar surface area (TPSA) is 110 Å². The molecule has 2 fully saturated rings. The number of carbonyl (C=O) groups is 1. The van der Waals surface area contributed by atoms with Crippen LogP contribution in [0.4, 0.5) is 10.2 Å². The number of pyridine rings is 1. The maximum atomic E-state index is 13.5. The van der Waals surface area contributed by atoms with Gasteiger partial charge in [0.05, 0.1) is 11.1 Å². The number of primary amides is 1. The van der Waals surface area contributed by atoms with Crippen LogP contribution in [0.1, 0.15) is 66.5 Å². The molecular weight excluding hydrogens is 475 g/mol. The standard InChI is InChI=1S/C27H31FN6OS/c1-3-21-22(15-29)26(34-13-11-20(12-14-34)33(2)19-5-4-6-19)32-27(23(21)16-30)36-24(25(31)35)17-7-9-18(28)10-8-17/h7-10,19-20,24H,3-6,11-14H2,1-2H3,(H2,31,35). The lowest BCUT2D eigenvalue weighted by atomic mass is 9.89. The maximum Gasteiger partial charge on any atom is 0.235 e. The number of nitriles is 2. The number of halogens is 1. The van der Waals surface area contributed by atoms with Crippen molar-refractivity contribution >= 4 is 23.5 Å². The first-order chi connectivity index (χ1) is 17.4. The van der Waals surface area contributed by atoms with Gasteiger partial charge in [0, 0.05) is 25.2 Å². The van der Waals surface area contributed by atoms with Gasteiger partial charge < -0.3 is 15.5 Å². The van der Waals surface area contributed by atoms with Crippen LogP contribution in [0.25, 0.3) is 0 Å². The lowest BCUT2D eigenvalue weighted by Crippen LogP contribution is -2.49. The zero-order chi connectivity index (χ0) is 25.8. The van der Waals surface area contributed by atoms with Crippen molar-refractivity contribution in [2.45, 2.75) is 67.8 Å². The molecule has 1 unspecified atom stereocenters. The zero-order valence-electron chi connectivity index (χ0n) is 20.7. The highest BCUT2D eigenvalue weighted by Crippen LogP contribution is 2.40. The van der Waals surface area contributed by atoms with Gasteiger partial charge in [0.1, 0.15) is 34.0 Å². The second-order valence-corrected chi connectivity index (χ2v) is 10.6. The van der Waals surface area contributed by atoms with Crippen molar-refractivity contribution < 1.29 is 9.18 Å². The summed E-state index contributed by atoms with van der Waals surface area (Å²) in [5.41, 5.74) is 7.57. The predicted octanol–water partition coefficient (Wildman–Crippen LogP) is 4.30. The number of amides is 1. The molecule has 4 rings (SSSR count). The Bertz CT molecular complexity index is 1190. The van der Waals surface area contributed by atoms with Gasteiger partial charge in [-0.15, -0.1) is 0 Å². The van der Waals surface area contributed by atoms with E-state index in [0.29, 0.717) is 46.0 Å². The molecule has 188 valence electrons. The summed E-state index contributed by atoms with van der Waals surface area (Å²) in [5, 5.41) is 19.6. The highest BCUT2D eigenvalue weighted by atomic mass is 32.2. The molecule has 1 aliphatic carbocycles. The van der Waals surface area contributed by atoms with Crippen molar-refractivity contribution in [2.24, 2.45) is 5.73 Å². The second-order valence-electron chi connectivity index (χ2n) is 9.47. The molecule has 1 atom stereocenters. The Balaban J connectivity index is 1.66. The highest BCUT2D eigenvalue weighted by molar-refractivity contribution is 8.00. The zero-order valence-corrected chi connectivity index (χ0v) is 21.5. The molecule has 36 heavy (non-hydrogen) atoms. The average Bonchev–Trinajstić information content (AvgIpc) is 2.85. The van der Waals surface area contributed by atoms with Gasteiger partial charge in [-0.1, -0.05) is 37.2 Å². The van der Waals surface area contributed by atoms with Gasteiger partial charge in [-0.25, -0.2) is 9.37 Å². The minimum Gasteiger partial charge on any atom is -0.368 e. The fraction of sp³-hybridized carbons (Fsp3) is 0.481. The van der Waals surface area contributed by atoms with E-state index in [1.54, 1.807) is 0 Å². The van der Waals surface area contributed by atoms with Crippen LogP contribution in [0.3, 0.4) is 0 Å². The number of thioether (sulfide) groups is 1. The summed E-state index contributed by atoms with van der Waals surface area (Å²) in [6, 6.07) is 11.2. The predicted molar refractivity (Wildman–Crippen MR) is 138 cm³/mol. The van der Waals surface area contributed by atoms with Gasteiger partial charge in [0.15, 0.2) is 0 Å². The van der Waals surface area contributed by atoms with Crippen LogP contribution in [0.15, 0.2) is 29.3 Å². The Morgan fingerprint density at radius 3 is 2.28 bits per heavy atom. The van der Waals surface area contributed by atoms with E-state index in [0.717, 1.165) is 37.7 Å². The first-order valence-corrected chi connectivity index (χ1v) is 13.3.